The van der Waals surface area contributed by atoms with Gasteiger partial charge in [-0.25, -0.2) is 4.79 Å². The van der Waals surface area contributed by atoms with Crippen LogP contribution in [0.2, 0.25) is 5.02 Å². The first-order valence-electron chi connectivity index (χ1n) is 10.8. The smallest absolute Gasteiger partial charge is 0.320 e. The Morgan fingerprint density at radius 2 is 1.41 bits per heavy atom. The zero-order chi connectivity index (χ0) is 24.7. The van der Waals surface area contributed by atoms with E-state index in [4.69, 9.17) is 17.3 Å². The summed E-state index contributed by atoms with van der Waals surface area (Å²) in [7, 11) is 0. The summed E-state index contributed by atoms with van der Waals surface area (Å²) in [6, 6.07) is 22.5. The highest BCUT2D eigenvalue weighted by atomic mass is 35.5. The molecule has 0 saturated carbocycles. The fourth-order valence-corrected chi connectivity index (χ4v) is 4.06. The van der Waals surface area contributed by atoms with E-state index in [0.29, 0.717) is 16.8 Å². The molecule has 3 aromatic rings. The molecule has 1 unspecified atom stereocenters. The van der Waals surface area contributed by atoms with Gasteiger partial charge in [0.05, 0.1) is 0 Å². The number of amides is 4. The summed E-state index contributed by atoms with van der Waals surface area (Å²) in [5.41, 5.74) is 5.81. The highest BCUT2D eigenvalue weighted by Gasteiger charge is 2.44. The highest BCUT2D eigenvalue weighted by molar-refractivity contribution is 6.31. The standard InChI is InChI=1S/C26H27ClN4O3/c1-17(2)26(24(28)33,18-11-5-3-6-12-18)31-23(32)22(20-15-9-10-16-21(20)27)30-25(34)29-19-13-7-4-8-14-19/h3-17,22H,1-2H3,(H2,28,33)(H,31,32)(H2,29,30,34)/t22-,26?/m1/s1. The Hall–Kier alpha value is -3.84. The summed E-state index contributed by atoms with van der Waals surface area (Å²) in [5, 5.41) is 8.48. The normalized spacial score (nSPS) is 13.4. The van der Waals surface area contributed by atoms with E-state index >= 15 is 0 Å². The topological polar surface area (TPSA) is 113 Å². The second-order valence-electron chi connectivity index (χ2n) is 8.10. The number of carbonyl (C=O) groups excluding carboxylic acids is 3. The molecule has 0 spiro atoms. The SMILES string of the molecule is CC(C)C(NC(=O)[C@H](NC(=O)Nc1ccccc1)c1ccccc1Cl)(C(N)=O)c1ccccc1. The molecule has 0 heterocycles. The van der Waals surface area contributed by atoms with Crippen molar-refractivity contribution in [3.63, 3.8) is 0 Å². The largest absolute Gasteiger partial charge is 0.367 e. The second kappa shape index (κ2) is 10.9. The number of rotatable bonds is 8. The van der Waals surface area contributed by atoms with Crippen molar-refractivity contribution < 1.29 is 14.4 Å². The van der Waals surface area contributed by atoms with Crippen LogP contribution >= 0.6 is 11.6 Å². The van der Waals surface area contributed by atoms with Crippen molar-refractivity contribution in [3.05, 3.63) is 101 Å². The molecule has 0 radical (unpaired) electrons. The second-order valence-corrected chi connectivity index (χ2v) is 8.51. The summed E-state index contributed by atoms with van der Waals surface area (Å²) in [4.78, 5) is 39.2. The van der Waals surface area contributed by atoms with E-state index in [0.717, 1.165) is 0 Å². The number of carbonyl (C=O) groups is 3. The van der Waals surface area contributed by atoms with Gasteiger partial charge in [0.2, 0.25) is 11.8 Å². The average Bonchev–Trinajstić information content (AvgIpc) is 2.82. The van der Waals surface area contributed by atoms with Crippen LogP contribution in [0.15, 0.2) is 84.9 Å². The fraction of sp³-hybridized carbons (Fsp3) is 0.192. The number of benzene rings is 3. The van der Waals surface area contributed by atoms with Gasteiger partial charge < -0.3 is 21.7 Å². The zero-order valence-electron chi connectivity index (χ0n) is 18.9. The van der Waals surface area contributed by atoms with E-state index in [2.05, 4.69) is 16.0 Å². The predicted octanol–water partition coefficient (Wildman–Crippen LogP) is 4.36. The van der Waals surface area contributed by atoms with Crippen LogP contribution in [0.5, 0.6) is 0 Å². The summed E-state index contributed by atoms with van der Waals surface area (Å²) in [5.74, 6) is -1.73. The molecule has 0 aliphatic rings. The molecule has 7 nitrogen and oxygen atoms in total. The number of hydrogen-bond acceptors (Lipinski definition) is 3. The van der Waals surface area contributed by atoms with Crippen LogP contribution in [0.4, 0.5) is 10.5 Å². The van der Waals surface area contributed by atoms with E-state index in [1.807, 2.05) is 6.07 Å². The number of halogens is 1. The van der Waals surface area contributed by atoms with Crippen molar-refractivity contribution in [1.82, 2.24) is 10.6 Å². The van der Waals surface area contributed by atoms with Crippen molar-refractivity contribution in [2.45, 2.75) is 25.4 Å². The van der Waals surface area contributed by atoms with Gasteiger partial charge in [-0.15, -0.1) is 0 Å². The molecule has 3 aromatic carbocycles. The van der Waals surface area contributed by atoms with E-state index < -0.39 is 29.4 Å². The Bertz CT molecular complexity index is 1150. The lowest BCUT2D eigenvalue weighted by atomic mass is 9.78. The van der Waals surface area contributed by atoms with Gasteiger partial charge >= 0.3 is 6.03 Å². The predicted molar refractivity (Wildman–Crippen MR) is 133 cm³/mol. The molecule has 0 fully saturated rings. The third-order valence-electron chi connectivity index (χ3n) is 5.59. The van der Waals surface area contributed by atoms with Crippen molar-refractivity contribution in [1.29, 1.82) is 0 Å². The van der Waals surface area contributed by atoms with Gasteiger partial charge in [0.1, 0.15) is 11.6 Å². The molecular weight excluding hydrogens is 452 g/mol. The lowest BCUT2D eigenvalue weighted by Crippen LogP contribution is -2.60. The van der Waals surface area contributed by atoms with Gasteiger partial charge in [-0.2, -0.15) is 0 Å². The van der Waals surface area contributed by atoms with Gasteiger partial charge in [-0.3, -0.25) is 9.59 Å². The third kappa shape index (κ3) is 5.38. The first-order chi connectivity index (χ1) is 16.3. The van der Waals surface area contributed by atoms with Crippen LogP contribution in [0, 0.1) is 5.92 Å². The maximum atomic E-state index is 13.7. The Balaban J connectivity index is 1.98. The quantitative estimate of drug-likeness (QED) is 0.385. The summed E-state index contributed by atoms with van der Waals surface area (Å²) in [6.07, 6.45) is 0. The molecule has 0 aliphatic heterocycles. The third-order valence-corrected chi connectivity index (χ3v) is 5.93. The van der Waals surface area contributed by atoms with Gasteiger partial charge in [0.15, 0.2) is 0 Å². The maximum Gasteiger partial charge on any atom is 0.320 e. The molecule has 5 N–H and O–H groups in total. The van der Waals surface area contributed by atoms with Crippen LogP contribution in [-0.2, 0) is 15.1 Å². The molecule has 4 amide bonds. The van der Waals surface area contributed by atoms with Crippen LogP contribution in [0.1, 0.15) is 31.0 Å². The molecule has 0 aromatic heterocycles. The Morgan fingerprint density at radius 3 is 1.97 bits per heavy atom. The molecule has 2 atom stereocenters. The van der Waals surface area contributed by atoms with Crippen molar-refractivity contribution in [3.8, 4) is 0 Å². The van der Waals surface area contributed by atoms with E-state index in [1.165, 1.54) is 0 Å². The zero-order valence-corrected chi connectivity index (χ0v) is 19.7. The maximum absolute atomic E-state index is 13.7. The number of para-hydroxylation sites is 1. The number of urea groups is 1. The van der Waals surface area contributed by atoms with Crippen LogP contribution in [-0.4, -0.2) is 17.8 Å². The summed E-state index contributed by atoms with van der Waals surface area (Å²) < 4.78 is 0. The molecule has 8 heteroatoms. The fourth-order valence-electron chi connectivity index (χ4n) is 3.82. The minimum Gasteiger partial charge on any atom is -0.367 e. The molecule has 0 bridgehead atoms. The van der Waals surface area contributed by atoms with Crippen molar-refractivity contribution in [2.24, 2.45) is 11.7 Å². The van der Waals surface area contributed by atoms with Gasteiger partial charge in [-0.1, -0.05) is 92.2 Å². The molecule has 0 aliphatic carbocycles. The number of anilines is 1. The van der Waals surface area contributed by atoms with Gasteiger partial charge in [-0.05, 0) is 29.7 Å². The lowest BCUT2D eigenvalue weighted by Gasteiger charge is -2.37. The first kappa shape index (κ1) is 24.8. The van der Waals surface area contributed by atoms with E-state index in [-0.39, 0.29) is 10.9 Å². The first-order valence-corrected chi connectivity index (χ1v) is 11.2. The summed E-state index contributed by atoms with van der Waals surface area (Å²) >= 11 is 6.38. The van der Waals surface area contributed by atoms with Crippen molar-refractivity contribution in [2.75, 3.05) is 5.32 Å². The number of primary amides is 1. The number of nitrogens with two attached hydrogens (primary N) is 1. The minimum atomic E-state index is -1.50. The van der Waals surface area contributed by atoms with Crippen molar-refractivity contribution >= 4 is 35.1 Å². The van der Waals surface area contributed by atoms with Gasteiger partial charge in [0.25, 0.3) is 0 Å². The number of hydrogen-bond donors (Lipinski definition) is 4. The molecule has 176 valence electrons. The Labute approximate surface area is 203 Å². The number of nitrogens with one attached hydrogen (secondary N) is 3. The minimum absolute atomic E-state index is 0.289. The molecular formula is C26H27ClN4O3. The van der Waals surface area contributed by atoms with E-state index in [9.17, 15) is 14.4 Å². The molecule has 0 saturated heterocycles. The monoisotopic (exact) mass is 478 g/mol. The lowest BCUT2D eigenvalue weighted by molar-refractivity contribution is -0.135. The van der Waals surface area contributed by atoms with Crippen LogP contribution in [0.3, 0.4) is 0 Å². The Kier molecular flexibility index (Phi) is 7.91. The van der Waals surface area contributed by atoms with Crippen LogP contribution in [0.25, 0.3) is 0 Å². The van der Waals surface area contributed by atoms with Gasteiger partial charge in [0, 0.05) is 16.3 Å². The van der Waals surface area contributed by atoms with E-state index in [1.54, 1.807) is 92.7 Å². The molecule has 34 heavy (non-hydrogen) atoms. The summed E-state index contributed by atoms with van der Waals surface area (Å²) in [6.45, 7) is 3.58. The highest BCUT2D eigenvalue weighted by Crippen LogP contribution is 2.31. The molecule has 3 rings (SSSR count). The average molecular weight is 479 g/mol. The Morgan fingerprint density at radius 1 is 0.853 bits per heavy atom. The van der Waals surface area contributed by atoms with Crippen LogP contribution < -0.4 is 21.7 Å².